The highest BCUT2D eigenvalue weighted by atomic mass is 35.5. The number of fused-ring (bicyclic) bond motifs is 1. The number of aromatic nitrogens is 2. The number of halogens is 1. The Morgan fingerprint density at radius 1 is 1.44 bits per heavy atom. The minimum atomic E-state index is -0.127. The standard InChI is InChI=1S/C18H17ClN4OS/c1-11-7-16-15(17(22-21-16)12-5-6-25-10-12)9-23(11)18(24)20-14-4-2-3-13(19)8-14/h2-6,8,10-11H,7,9H2,1H3,(H,20,24)(H,21,22)/t11-/m0/s1. The molecular formula is C18H17ClN4OS. The molecule has 1 aliphatic heterocycles. The van der Waals surface area contributed by atoms with Crippen LogP contribution < -0.4 is 5.32 Å². The van der Waals surface area contributed by atoms with Gasteiger partial charge in [-0.05, 0) is 36.6 Å². The largest absolute Gasteiger partial charge is 0.322 e. The number of nitrogens with zero attached hydrogens (tertiary/aromatic N) is 2. The summed E-state index contributed by atoms with van der Waals surface area (Å²) < 4.78 is 0. The van der Waals surface area contributed by atoms with Crippen molar-refractivity contribution in [2.75, 3.05) is 5.32 Å². The zero-order chi connectivity index (χ0) is 17.4. The maximum absolute atomic E-state index is 12.8. The number of hydrogen-bond donors (Lipinski definition) is 2. The predicted molar refractivity (Wildman–Crippen MR) is 101 cm³/mol. The van der Waals surface area contributed by atoms with E-state index < -0.39 is 0 Å². The van der Waals surface area contributed by atoms with Gasteiger partial charge in [-0.25, -0.2) is 4.79 Å². The Balaban J connectivity index is 1.58. The van der Waals surface area contributed by atoms with Crippen molar-refractivity contribution >= 4 is 34.7 Å². The minimum Gasteiger partial charge on any atom is -0.317 e. The van der Waals surface area contributed by atoms with Crippen molar-refractivity contribution in [3.05, 3.63) is 57.4 Å². The van der Waals surface area contributed by atoms with Crippen LogP contribution in [0, 0.1) is 0 Å². The molecule has 1 aromatic carbocycles. The van der Waals surface area contributed by atoms with Crippen LogP contribution in [0.3, 0.4) is 0 Å². The van der Waals surface area contributed by atoms with Gasteiger partial charge in [-0.2, -0.15) is 16.4 Å². The zero-order valence-corrected chi connectivity index (χ0v) is 15.2. The average Bonchev–Trinajstić information content (AvgIpc) is 3.22. The summed E-state index contributed by atoms with van der Waals surface area (Å²) in [4.78, 5) is 14.6. The molecule has 7 heteroatoms. The van der Waals surface area contributed by atoms with Gasteiger partial charge in [-0.3, -0.25) is 5.10 Å². The number of thiophene rings is 1. The fourth-order valence-corrected chi connectivity index (χ4v) is 3.97. The Bertz CT molecular complexity index is 906. The van der Waals surface area contributed by atoms with Gasteiger partial charge >= 0.3 is 6.03 Å². The molecule has 0 bridgehead atoms. The Kier molecular flexibility index (Phi) is 4.23. The fourth-order valence-electron chi connectivity index (χ4n) is 3.14. The summed E-state index contributed by atoms with van der Waals surface area (Å²) in [5, 5.41) is 15.3. The third-order valence-corrected chi connectivity index (χ3v) is 5.36. The first-order valence-electron chi connectivity index (χ1n) is 8.03. The van der Waals surface area contributed by atoms with Gasteiger partial charge in [0.15, 0.2) is 0 Å². The summed E-state index contributed by atoms with van der Waals surface area (Å²) >= 11 is 7.64. The van der Waals surface area contributed by atoms with Gasteiger partial charge in [0.05, 0.1) is 12.2 Å². The number of benzene rings is 1. The summed E-state index contributed by atoms with van der Waals surface area (Å²) in [5.74, 6) is 0. The van der Waals surface area contributed by atoms with Crippen LogP contribution in [0.5, 0.6) is 0 Å². The van der Waals surface area contributed by atoms with Crippen molar-refractivity contribution in [3.63, 3.8) is 0 Å². The smallest absolute Gasteiger partial charge is 0.317 e. The van der Waals surface area contributed by atoms with E-state index in [9.17, 15) is 4.79 Å². The Morgan fingerprint density at radius 2 is 2.32 bits per heavy atom. The van der Waals surface area contributed by atoms with E-state index in [1.165, 1.54) is 0 Å². The maximum Gasteiger partial charge on any atom is 0.322 e. The Labute approximate surface area is 154 Å². The molecule has 4 rings (SSSR count). The second-order valence-corrected chi connectivity index (χ2v) is 7.38. The van der Waals surface area contributed by atoms with Crippen LogP contribution in [0.1, 0.15) is 18.2 Å². The number of anilines is 1. The van der Waals surface area contributed by atoms with E-state index in [2.05, 4.69) is 27.0 Å². The first-order chi connectivity index (χ1) is 12.1. The molecule has 0 fully saturated rings. The van der Waals surface area contributed by atoms with E-state index in [0.717, 1.165) is 28.9 Å². The van der Waals surface area contributed by atoms with Crippen molar-refractivity contribution in [2.45, 2.75) is 25.9 Å². The lowest BCUT2D eigenvalue weighted by molar-refractivity contribution is 0.182. The molecule has 0 aliphatic carbocycles. The number of rotatable bonds is 2. The second-order valence-electron chi connectivity index (χ2n) is 6.16. The van der Waals surface area contributed by atoms with Crippen molar-refractivity contribution in [2.24, 2.45) is 0 Å². The van der Waals surface area contributed by atoms with Crippen molar-refractivity contribution in [1.29, 1.82) is 0 Å². The number of urea groups is 1. The number of carbonyl (C=O) groups is 1. The molecule has 0 saturated carbocycles. The van der Waals surface area contributed by atoms with Crippen LogP contribution in [0.15, 0.2) is 41.1 Å². The molecule has 128 valence electrons. The average molecular weight is 373 g/mol. The molecule has 0 spiro atoms. The fraction of sp³-hybridized carbons (Fsp3) is 0.222. The van der Waals surface area contributed by atoms with E-state index in [-0.39, 0.29) is 12.1 Å². The zero-order valence-electron chi connectivity index (χ0n) is 13.6. The van der Waals surface area contributed by atoms with Crippen LogP contribution in [-0.2, 0) is 13.0 Å². The molecule has 25 heavy (non-hydrogen) atoms. The molecule has 2 aromatic heterocycles. The molecule has 0 unspecified atom stereocenters. The second kappa shape index (κ2) is 6.54. The molecule has 0 radical (unpaired) electrons. The summed E-state index contributed by atoms with van der Waals surface area (Å²) in [6, 6.07) is 9.19. The first-order valence-corrected chi connectivity index (χ1v) is 9.36. The normalized spacial score (nSPS) is 16.6. The highest BCUT2D eigenvalue weighted by Gasteiger charge is 2.30. The van der Waals surface area contributed by atoms with Crippen LogP contribution in [0.4, 0.5) is 10.5 Å². The monoisotopic (exact) mass is 372 g/mol. The number of H-pyrrole nitrogens is 1. The highest BCUT2D eigenvalue weighted by Crippen LogP contribution is 2.31. The van der Waals surface area contributed by atoms with Crippen LogP contribution in [0.2, 0.25) is 5.02 Å². The van der Waals surface area contributed by atoms with Crippen LogP contribution in [0.25, 0.3) is 11.3 Å². The van der Waals surface area contributed by atoms with E-state index in [1.54, 1.807) is 23.5 Å². The van der Waals surface area contributed by atoms with Crippen molar-refractivity contribution < 1.29 is 4.79 Å². The summed E-state index contributed by atoms with van der Waals surface area (Å²) in [6.07, 6.45) is 0.759. The number of carbonyl (C=O) groups excluding carboxylic acids is 1. The van der Waals surface area contributed by atoms with E-state index in [1.807, 2.05) is 29.3 Å². The lowest BCUT2D eigenvalue weighted by Crippen LogP contribution is -2.44. The van der Waals surface area contributed by atoms with Gasteiger partial charge < -0.3 is 10.2 Å². The van der Waals surface area contributed by atoms with Crippen molar-refractivity contribution in [1.82, 2.24) is 15.1 Å². The van der Waals surface area contributed by atoms with Crippen LogP contribution in [-0.4, -0.2) is 27.2 Å². The van der Waals surface area contributed by atoms with E-state index in [4.69, 9.17) is 11.6 Å². The van der Waals surface area contributed by atoms with Crippen LogP contribution >= 0.6 is 22.9 Å². The third kappa shape index (κ3) is 3.15. The lowest BCUT2D eigenvalue weighted by atomic mass is 9.98. The molecule has 3 aromatic rings. The van der Waals surface area contributed by atoms with Crippen molar-refractivity contribution in [3.8, 4) is 11.3 Å². The van der Waals surface area contributed by atoms with Gasteiger partial charge in [0.25, 0.3) is 0 Å². The topological polar surface area (TPSA) is 61.0 Å². The predicted octanol–water partition coefficient (Wildman–Crippen LogP) is 4.77. The maximum atomic E-state index is 12.8. The van der Waals surface area contributed by atoms with Gasteiger partial charge in [-0.15, -0.1) is 0 Å². The Morgan fingerprint density at radius 3 is 3.08 bits per heavy atom. The van der Waals surface area contributed by atoms with E-state index in [0.29, 0.717) is 17.3 Å². The molecular weight excluding hydrogens is 356 g/mol. The van der Waals surface area contributed by atoms with Gasteiger partial charge in [-0.1, -0.05) is 17.7 Å². The summed E-state index contributed by atoms with van der Waals surface area (Å²) in [7, 11) is 0. The third-order valence-electron chi connectivity index (χ3n) is 4.44. The quantitative estimate of drug-likeness (QED) is 0.680. The molecule has 1 aliphatic rings. The molecule has 2 amide bonds. The Hall–Kier alpha value is -2.31. The number of amides is 2. The van der Waals surface area contributed by atoms with Gasteiger partial charge in [0.2, 0.25) is 0 Å². The molecule has 5 nitrogen and oxygen atoms in total. The summed E-state index contributed by atoms with van der Waals surface area (Å²) in [5.41, 5.74) is 4.93. The number of hydrogen-bond acceptors (Lipinski definition) is 3. The molecule has 3 heterocycles. The summed E-state index contributed by atoms with van der Waals surface area (Å²) in [6.45, 7) is 2.58. The molecule has 0 saturated heterocycles. The van der Waals surface area contributed by atoms with Gasteiger partial charge in [0.1, 0.15) is 0 Å². The highest BCUT2D eigenvalue weighted by molar-refractivity contribution is 7.08. The lowest BCUT2D eigenvalue weighted by Gasteiger charge is -2.33. The minimum absolute atomic E-state index is 0.0856. The van der Waals surface area contributed by atoms with Gasteiger partial charge in [0, 0.05) is 45.4 Å². The van der Waals surface area contributed by atoms with E-state index >= 15 is 0 Å². The number of nitrogens with one attached hydrogen (secondary N) is 2. The number of aromatic amines is 1. The first kappa shape index (κ1) is 16.2. The molecule has 1 atom stereocenters. The SMILES string of the molecule is C[C@H]1Cc2[nH]nc(-c3ccsc3)c2CN1C(=O)Nc1cccc(Cl)c1. The molecule has 2 N–H and O–H groups in total.